The Kier molecular flexibility index (Phi) is 7.61. The summed E-state index contributed by atoms with van der Waals surface area (Å²) in [6.07, 6.45) is 1.81. The zero-order valence-electron chi connectivity index (χ0n) is 46.9. The second kappa shape index (κ2) is 15.1. The van der Waals surface area contributed by atoms with Crippen molar-refractivity contribution in [2.24, 2.45) is 0 Å². The summed E-state index contributed by atoms with van der Waals surface area (Å²) >= 11 is 0. The van der Waals surface area contributed by atoms with Crippen molar-refractivity contribution in [3.63, 3.8) is 0 Å². The van der Waals surface area contributed by atoms with Crippen LogP contribution >= 0.6 is 0 Å². The monoisotopic (exact) mass is 872 g/mol. The molecule has 0 saturated carbocycles. The summed E-state index contributed by atoms with van der Waals surface area (Å²) in [6.45, 7) is 20.7. The quantitative estimate of drug-likeness (QED) is 0.167. The van der Waals surface area contributed by atoms with Crippen molar-refractivity contribution in [2.45, 2.75) is 78.6 Å². The Hall–Kier alpha value is -7.31. The standard InChI is InChI=1S/C60H57N5O/c1-58(2,3)39-29-30-61-57(34-39)65-53-28-25-43(64-51-21-12-10-19-47(51)48-20-11-13-22-52(48)64)36-50(53)49-27-26-46(37-56(49)65)66-45-18-16-17-42(35-45)62-38-63(55-24-15-14-23-54(55)62)44-32-40(59(4,5)6)31-41(33-44)60(7,8)9/h10-37H,38H2,1-9H3/i10D,11D,12D,13D,19D,20D,21D,22D. The van der Waals surface area contributed by atoms with Crippen LogP contribution in [-0.2, 0) is 16.2 Å². The highest BCUT2D eigenvalue weighted by Gasteiger charge is 2.30. The van der Waals surface area contributed by atoms with Gasteiger partial charge in [-0.05, 0) is 124 Å². The molecule has 11 rings (SSSR count). The third-order valence-electron chi connectivity index (χ3n) is 12.9. The van der Waals surface area contributed by atoms with Crippen molar-refractivity contribution >= 4 is 66.4 Å². The zero-order valence-corrected chi connectivity index (χ0v) is 38.9. The highest BCUT2D eigenvalue weighted by atomic mass is 16.5. The van der Waals surface area contributed by atoms with E-state index in [4.69, 9.17) is 20.7 Å². The lowest BCUT2D eigenvalue weighted by Gasteiger charge is -2.29. The first-order chi connectivity index (χ1) is 34.9. The van der Waals surface area contributed by atoms with Gasteiger partial charge in [0.2, 0.25) is 0 Å². The van der Waals surface area contributed by atoms with Crippen molar-refractivity contribution in [1.82, 2.24) is 14.1 Å². The van der Waals surface area contributed by atoms with Gasteiger partial charge in [0.15, 0.2) is 0 Å². The minimum absolute atomic E-state index is 0.0291. The molecule has 0 N–H and O–H groups in total. The fourth-order valence-corrected chi connectivity index (χ4v) is 9.26. The van der Waals surface area contributed by atoms with Crippen molar-refractivity contribution < 1.29 is 15.7 Å². The van der Waals surface area contributed by atoms with Crippen LogP contribution in [0.25, 0.3) is 55.1 Å². The molecule has 66 heavy (non-hydrogen) atoms. The minimum Gasteiger partial charge on any atom is -0.457 e. The van der Waals surface area contributed by atoms with Crippen LogP contribution in [-0.4, -0.2) is 20.8 Å². The fraction of sp³-hybridized carbons (Fsp3) is 0.217. The summed E-state index contributed by atoms with van der Waals surface area (Å²) in [5, 5.41) is 1.68. The van der Waals surface area contributed by atoms with Crippen LogP contribution < -0.4 is 14.5 Å². The van der Waals surface area contributed by atoms with E-state index in [1.165, 1.54) is 11.1 Å². The molecule has 6 nitrogen and oxygen atoms in total. The van der Waals surface area contributed by atoms with Gasteiger partial charge in [0.05, 0.1) is 44.4 Å². The topological polar surface area (TPSA) is 38.5 Å². The van der Waals surface area contributed by atoms with E-state index in [0.29, 0.717) is 29.7 Å². The SMILES string of the molecule is [2H]c1c([2H])c([2H])c2c(c1[2H])c1c([2H])c([2H])c([2H])c([2H])c1n2-c1ccc2c(c1)c1ccc(Oc3cccc(N4CN(c5cc(C(C)(C)C)cc(C(C)(C)C)c5)c5ccccc54)c3)cc1n2-c1cc(C(C)(C)C)ccn1. The first kappa shape index (κ1) is 33.2. The predicted octanol–water partition coefficient (Wildman–Crippen LogP) is 16.2. The Bertz CT molecular complexity index is 3880. The molecular weight excluding hydrogens is 807 g/mol. The van der Waals surface area contributed by atoms with Crippen molar-refractivity contribution in [1.29, 1.82) is 0 Å². The van der Waals surface area contributed by atoms with Gasteiger partial charge < -0.3 is 19.1 Å². The second-order valence-electron chi connectivity index (χ2n) is 20.5. The van der Waals surface area contributed by atoms with Gasteiger partial charge in [-0.3, -0.25) is 4.57 Å². The van der Waals surface area contributed by atoms with E-state index in [1.54, 1.807) is 4.57 Å². The lowest BCUT2D eigenvalue weighted by atomic mass is 9.80. The molecule has 0 aliphatic carbocycles. The molecule has 4 heterocycles. The Morgan fingerprint density at radius 1 is 0.455 bits per heavy atom. The highest BCUT2D eigenvalue weighted by Crippen LogP contribution is 2.47. The molecule has 7 aromatic carbocycles. The van der Waals surface area contributed by atoms with Crippen LogP contribution in [0.15, 0.2) is 170 Å². The number of benzene rings is 7. The summed E-state index contributed by atoms with van der Waals surface area (Å²) in [4.78, 5) is 9.63. The van der Waals surface area contributed by atoms with E-state index in [2.05, 4.69) is 137 Å². The summed E-state index contributed by atoms with van der Waals surface area (Å²) in [6, 6.07) is 36.0. The smallest absolute Gasteiger partial charge is 0.137 e. The molecule has 0 unspecified atom stereocenters. The highest BCUT2D eigenvalue weighted by molar-refractivity contribution is 6.12. The van der Waals surface area contributed by atoms with Gasteiger partial charge in [-0.15, -0.1) is 0 Å². The normalized spacial score (nSPS) is 15.1. The second-order valence-corrected chi connectivity index (χ2v) is 20.5. The fourth-order valence-electron chi connectivity index (χ4n) is 9.26. The van der Waals surface area contributed by atoms with Crippen LogP contribution in [0, 0.1) is 0 Å². The number of hydrogen-bond acceptors (Lipinski definition) is 4. The first-order valence-corrected chi connectivity index (χ1v) is 22.6. The van der Waals surface area contributed by atoms with E-state index in [9.17, 15) is 0 Å². The third kappa shape index (κ3) is 7.07. The lowest BCUT2D eigenvalue weighted by molar-refractivity contribution is 0.483. The largest absolute Gasteiger partial charge is 0.457 e. The summed E-state index contributed by atoms with van der Waals surface area (Å²) in [7, 11) is 0. The van der Waals surface area contributed by atoms with Crippen LogP contribution in [0.3, 0.4) is 0 Å². The Morgan fingerprint density at radius 3 is 1.73 bits per heavy atom. The van der Waals surface area contributed by atoms with Gasteiger partial charge in [-0.1, -0.05) is 123 Å². The number of ether oxygens (including phenoxy) is 1. The van der Waals surface area contributed by atoms with Gasteiger partial charge in [0.1, 0.15) is 24.0 Å². The van der Waals surface area contributed by atoms with Crippen LogP contribution in [0.1, 0.15) is 90.0 Å². The van der Waals surface area contributed by atoms with E-state index in [-0.39, 0.29) is 62.2 Å². The van der Waals surface area contributed by atoms with Crippen LogP contribution in [0.4, 0.5) is 22.7 Å². The average Bonchev–Trinajstić information content (AvgIpc) is 4.06. The predicted molar refractivity (Wildman–Crippen MR) is 278 cm³/mol. The van der Waals surface area contributed by atoms with E-state index >= 15 is 0 Å². The molecule has 0 bridgehead atoms. The van der Waals surface area contributed by atoms with Gasteiger partial charge >= 0.3 is 0 Å². The van der Waals surface area contributed by atoms with Crippen molar-refractivity contribution in [3.8, 4) is 23.0 Å². The number of hydrogen-bond donors (Lipinski definition) is 0. The first-order valence-electron chi connectivity index (χ1n) is 26.6. The molecule has 3 aromatic heterocycles. The number of fused-ring (bicyclic) bond motifs is 7. The molecule has 0 fully saturated rings. The molecule has 6 heteroatoms. The summed E-state index contributed by atoms with van der Waals surface area (Å²) < 4.78 is 81.0. The Labute approximate surface area is 399 Å². The average molecular weight is 872 g/mol. The minimum atomic E-state index is -0.484. The van der Waals surface area contributed by atoms with Crippen LogP contribution in [0.5, 0.6) is 11.5 Å². The third-order valence-corrected chi connectivity index (χ3v) is 12.9. The van der Waals surface area contributed by atoms with Gasteiger partial charge in [-0.25, -0.2) is 4.98 Å². The molecule has 0 amide bonds. The summed E-state index contributed by atoms with van der Waals surface area (Å²) in [5.74, 6) is 1.93. The maximum Gasteiger partial charge on any atom is 0.137 e. The van der Waals surface area contributed by atoms with Gasteiger partial charge in [0, 0.05) is 56.9 Å². The number of para-hydroxylation sites is 4. The Balaban J connectivity index is 1.04. The molecule has 1 aliphatic heterocycles. The molecule has 328 valence electrons. The van der Waals surface area contributed by atoms with E-state index in [0.717, 1.165) is 50.1 Å². The van der Waals surface area contributed by atoms with Crippen molar-refractivity contribution in [3.05, 3.63) is 186 Å². The number of rotatable bonds is 6. The maximum atomic E-state index is 9.12. The van der Waals surface area contributed by atoms with Gasteiger partial charge in [-0.2, -0.15) is 0 Å². The number of pyridine rings is 1. The molecule has 0 radical (unpaired) electrons. The maximum absolute atomic E-state index is 9.12. The molecule has 1 aliphatic rings. The zero-order chi connectivity index (χ0) is 52.7. The van der Waals surface area contributed by atoms with E-state index < -0.39 is 24.2 Å². The van der Waals surface area contributed by atoms with Gasteiger partial charge in [0.25, 0.3) is 0 Å². The number of anilines is 4. The lowest BCUT2D eigenvalue weighted by Crippen LogP contribution is -2.25. The van der Waals surface area contributed by atoms with E-state index in [1.807, 2.05) is 60.8 Å². The van der Waals surface area contributed by atoms with Crippen molar-refractivity contribution in [2.75, 3.05) is 16.5 Å². The molecule has 0 saturated heterocycles. The summed E-state index contributed by atoms with van der Waals surface area (Å²) in [5.41, 5.74) is 9.95. The Morgan fingerprint density at radius 2 is 1.08 bits per heavy atom. The molecule has 0 atom stereocenters. The molecular formula is C60H57N5O. The molecule has 10 aromatic rings. The number of nitrogens with zero attached hydrogens (tertiary/aromatic N) is 5. The van der Waals surface area contributed by atoms with Crippen LogP contribution in [0.2, 0.25) is 0 Å². The number of aromatic nitrogens is 3. The molecule has 0 spiro atoms.